The number of benzene rings is 2. The monoisotopic (exact) mass is 378 g/mol. The molecule has 2 aromatic rings. The molecule has 0 N–H and O–H groups in total. The average Bonchev–Trinajstić information content (AvgIpc) is 2.62. The third-order valence-electron chi connectivity index (χ3n) is 3.38. The number of nitrogens with zero attached hydrogens (tertiary/aromatic N) is 6. The van der Waals surface area contributed by atoms with E-state index in [0.29, 0.717) is 10.0 Å². The second-order valence-corrected chi connectivity index (χ2v) is 4.96. The smallest absolute Gasteiger partial charge is 0.258 e. The summed E-state index contributed by atoms with van der Waals surface area (Å²) in [5.74, 6) is 0. The van der Waals surface area contributed by atoms with Crippen molar-refractivity contribution in [3.63, 3.8) is 0 Å². The Morgan fingerprint density at radius 2 is 0.889 bits per heavy atom. The van der Waals surface area contributed by atoms with Gasteiger partial charge in [0.2, 0.25) is 6.67 Å². The maximum Gasteiger partial charge on any atom is 0.269 e. The van der Waals surface area contributed by atoms with Crippen molar-refractivity contribution in [2.75, 3.05) is 16.7 Å². The highest BCUT2D eigenvalue weighted by molar-refractivity contribution is 5.52. The van der Waals surface area contributed by atoms with Gasteiger partial charge >= 0.3 is 0 Å². The maximum atomic E-state index is 11.3. The van der Waals surface area contributed by atoms with Gasteiger partial charge in [-0.2, -0.15) is 0 Å². The molecule has 0 saturated carbocycles. The summed E-state index contributed by atoms with van der Waals surface area (Å²) in [4.78, 5) is 42.5. The lowest BCUT2D eigenvalue weighted by Crippen LogP contribution is -2.44. The highest BCUT2D eigenvalue weighted by Gasteiger charge is 2.29. The van der Waals surface area contributed by atoms with Gasteiger partial charge in [-0.3, -0.25) is 20.2 Å². The summed E-state index contributed by atoms with van der Waals surface area (Å²) >= 11 is 0. The quantitative estimate of drug-likeness (QED) is 0.375. The number of anilines is 2. The molecular formula is C13H10N6O8. The zero-order valence-corrected chi connectivity index (χ0v) is 13.3. The van der Waals surface area contributed by atoms with E-state index in [1.54, 1.807) is 0 Å². The maximum absolute atomic E-state index is 11.3. The molecule has 27 heavy (non-hydrogen) atoms. The van der Waals surface area contributed by atoms with E-state index in [1.807, 2.05) is 0 Å². The van der Waals surface area contributed by atoms with Gasteiger partial charge < -0.3 is 0 Å². The van der Waals surface area contributed by atoms with Crippen molar-refractivity contribution in [1.82, 2.24) is 0 Å². The lowest BCUT2D eigenvalue weighted by atomic mass is 10.2. The van der Waals surface area contributed by atoms with E-state index < -0.39 is 26.6 Å². The summed E-state index contributed by atoms with van der Waals surface area (Å²) in [7, 11) is 0. The van der Waals surface area contributed by atoms with Crippen molar-refractivity contribution < 1.29 is 19.9 Å². The molecule has 140 valence electrons. The van der Waals surface area contributed by atoms with Gasteiger partial charge in [0.15, 0.2) is 10.1 Å². The molecule has 14 nitrogen and oxygen atoms in total. The van der Waals surface area contributed by atoms with Crippen molar-refractivity contribution in [2.45, 2.75) is 0 Å². The number of hydrogen-bond donors (Lipinski definition) is 0. The molecule has 2 aromatic carbocycles. The van der Waals surface area contributed by atoms with Crippen molar-refractivity contribution in [1.29, 1.82) is 0 Å². The Hall–Kier alpha value is -4.36. The van der Waals surface area contributed by atoms with E-state index in [9.17, 15) is 40.5 Å². The van der Waals surface area contributed by atoms with Gasteiger partial charge in [0, 0.05) is 24.3 Å². The molecule has 0 aliphatic carbocycles. The highest BCUT2D eigenvalue weighted by Crippen LogP contribution is 2.23. The molecule has 0 aromatic heterocycles. The van der Waals surface area contributed by atoms with Crippen LogP contribution in [0.1, 0.15) is 0 Å². The summed E-state index contributed by atoms with van der Waals surface area (Å²) in [5, 5.41) is 42.9. The van der Waals surface area contributed by atoms with E-state index in [1.165, 1.54) is 0 Å². The van der Waals surface area contributed by atoms with Crippen LogP contribution in [-0.4, -0.2) is 26.6 Å². The first kappa shape index (κ1) is 19.0. The lowest BCUT2D eigenvalue weighted by molar-refractivity contribution is -0.525. The van der Waals surface area contributed by atoms with Gasteiger partial charge in [-0.15, -0.1) is 0 Å². The van der Waals surface area contributed by atoms with Crippen LogP contribution in [-0.2, 0) is 0 Å². The van der Waals surface area contributed by atoms with Gasteiger partial charge in [0.05, 0.1) is 9.85 Å². The predicted octanol–water partition coefficient (Wildman–Crippen LogP) is 2.16. The first-order valence-corrected chi connectivity index (χ1v) is 7.03. The van der Waals surface area contributed by atoms with Crippen LogP contribution in [0.4, 0.5) is 22.7 Å². The zero-order chi connectivity index (χ0) is 20.1. The van der Waals surface area contributed by atoms with Crippen LogP contribution in [0.2, 0.25) is 0 Å². The van der Waals surface area contributed by atoms with Gasteiger partial charge in [-0.1, -0.05) is 10.0 Å². The Bertz CT molecular complexity index is 811. The van der Waals surface area contributed by atoms with E-state index in [0.717, 1.165) is 48.5 Å². The first-order valence-electron chi connectivity index (χ1n) is 7.03. The summed E-state index contributed by atoms with van der Waals surface area (Å²) in [6.07, 6.45) is 0. The molecule has 0 radical (unpaired) electrons. The Morgan fingerprint density at radius 3 is 1.11 bits per heavy atom. The summed E-state index contributed by atoms with van der Waals surface area (Å²) in [5.41, 5.74) is -0.856. The minimum atomic E-state index is -0.914. The van der Waals surface area contributed by atoms with Crippen molar-refractivity contribution in [3.8, 4) is 0 Å². The number of hydrogen-bond acceptors (Lipinski definition) is 8. The van der Waals surface area contributed by atoms with E-state index in [4.69, 9.17) is 0 Å². The lowest BCUT2D eigenvalue weighted by Gasteiger charge is -2.19. The van der Waals surface area contributed by atoms with Crippen LogP contribution in [0, 0.1) is 40.5 Å². The fraction of sp³-hybridized carbons (Fsp3) is 0.0769. The number of rotatable bonds is 8. The topological polar surface area (TPSA) is 179 Å². The minimum Gasteiger partial charge on any atom is -0.258 e. The SMILES string of the molecule is O=[N+]([O-])c1ccc(N(CN(c2ccc([N+](=O)[O-])cc2)[N+](=O)[O-])[N+](=O)[O-])cc1. The third-order valence-corrected chi connectivity index (χ3v) is 3.38. The molecule has 14 heteroatoms. The molecule has 0 spiro atoms. The van der Waals surface area contributed by atoms with Gasteiger partial charge in [0.25, 0.3) is 11.4 Å². The summed E-state index contributed by atoms with van der Waals surface area (Å²) < 4.78 is 0. The zero-order valence-electron chi connectivity index (χ0n) is 13.3. The third kappa shape index (κ3) is 4.38. The standard InChI is InChI=1S/C13H10N6O8/c20-16(21)12-5-1-10(2-6-12)14(18(24)25)9-15(19(26)27)11-3-7-13(8-4-11)17(22)23/h1-8H,9H2. The molecule has 0 fully saturated rings. The molecule has 0 saturated heterocycles. The van der Waals surface area contributed by atoms with Crippen LogP contribution in [0.5, 0.6) is 0 Å². The molecule has 0 amide bonds. The van der Waals surface area contributed by atoms with Crippen LogP contribution >= 0.6 is 0 Å². The minimum absolute atomic E-state index is 0.126. The van der Waals surface area contributed by atoms with Crippen LogP contribution in [0.3, 0.4) is 0 Å². The molecule has 0 aliphatic rings. The number of hydrazine groups is 2. The van der Waals surface area contributed by atoms with Crippen LogP contribution in [0.15, 0.2) is 48.5 Å². The normalized spacial score (nSPS) is 10.1. The Balaban J connectivity index is 2.32. The Morgan fingerprint density at radius 1 is 0.593 bits per heavy atom. The van der Waals surface area contributed by atoms with Crippen LogP contribution < -0.4 is 10.0 Å². The number of nitro groups is 4. The summed E-state index contributed by atoms with van der Waals surface area (Å²) in [6, 6.07) is 8.40. The van der Waals surface area contributed by atoms with Crippen molar-refractivity contribution >= 4 is 22.7 Å². The second kappa shape index (κ2) is 7.68. The highest BCUT2D eigenvalue weighted by atomic mass is 16.7. The fourth-order valence-electron chi connectivity index (χ4n) is 2.07. The van der Waals surface area contributed by atoms with E-state index in [-0.39, 0.29) is 22.7 Å². The number of non-ortho nitro benzene ring substituents is 2. The molecule has 0 atom stereocenters. The molecule has 2 rings (SSSR count). The van der Waals surface area contributed by atoms with Gasteiger partial charge in [-0.05, 0) is 24.3 Å². The molecule has 0 unspecified atom stereocenters. The predicted molar refractivity (Wildman–Crippen MR) is 90.0 cm³/mol. The largest absolute Gasteiger partial charge is 0.269 e. The fourth-order valence-corrected chi connectivity index (χ4v) is 2.07. The molecule has 0 heterocycles. The molecule has 0 aliphatic heterocycles. The molecular weight excluding hydrogens is 368 g/mol. The van der Waals surface area contributed by atoms with Crippen molar-refractivity contribution in [3.05, 3.63) is 89.0 Å². The second-order valence-electron chi connectivity index (χ2n) is 4.96. The van der Waals surface area contributed by atoms with Gasteiger partial charge in [0.1, 0.15) is 11.4 Å². The van der Waals surface area contributed by atoms with Crippen molar-refractivity contribution in [2.24, 2.45) is 0 Å². The van der Waals surface area contributed by atoms with E-state index >= 15 is 0 Å². The van der Waals surface area contributed by atoms with Crippen LogP contribution in [0.25, 0.3) is 0 Å². The average molecular weight is 378 g/mol. The van der Waals surface area contributed by atoms with Gasteiger partial charge in [-0.25, -0.2) is 20.2 Å². The van der Waals surface area contributed by atoms with E-state index in [2.05, 4.69) is 0 Å². The Labute approximate surface area is 149 Å². The summed E-state index contributed by atoms with van der Waals surface area (Å²) in [6.45, 7) is -0.852. The number of nitro benzene ring substituents is 2. The first-order chi connectivity index (χ1) is 12.7. The Kier molecular flexibility index (Phi) is 5.40. The molecule has 0 bridgehead atoms.